The SMILES string of the molecule is CCNC(=NCc1cnn(C)c1)N1CCN(c2ncc(Br)c(OC)n2)CC1.I. The topological polar surface area (TPSA) is 83.7 Å². The monoisotopic (exact) mass is 564 g/mol. The normalized spacial score (nSPS) is 14.6. The molecule has 9 nitrogen and oxygen atoms in total. The third-order valence-electron chi connectivity index (χ3n) is 4.26. The number of guanidine groups is 1. The Kier molecular flexibility index (Phi) is 8.73. The molecule has 0 aliphatic carbocycles. The molecule has 28 heavy (non-hydrogen) atoms. The first-order valence-electron chi connectivity index (χ1n) is 8.93. The van der Waals surface area contributed by atoms with Gasteiger partial charge in [-0.1, -0.05) is 0 Å². The van der Waals surface area contributed by atoms with Crippen LogP contribution in [0.25, 0.3) is 0 Å². The van der Waals surface area contributed by atoms with E-state index in [2.05, 4.69) is 53.0 Å². The summed E-state index contributed by atoms with van der Waals surface area (Å²) in [4.78, 5) is 18.1. The smallest absolute Gasteiger partial charge is 0.232 e. The number of piperazine rings is 1. The maximum Gasteiger partial charge on any atom is 0.232 e. The van der Waals surface area contributed by atoms with E-state index in [1.807, 2.05) is 19.4 Å². The number of aryl methyl sites for hydroxylation is 1. The first-order valence-corrected chi connectivity index (χ1v) is 9.72. The highest BCUT2D eigenvalue weighted by atomic mass is 127. The number of aromatic nitrogens is 4. The first kappa shape index (κ1) is 22.7. The Balaban J connectivity index is 0.00000280. The lowest BCUT2D eigenvalue weighted by atomic mass is 10.3. The number of halogens is 2. The summed E-state index contributed by atoms with van der Waals surface area (Å²) in [7, 11) is 3.52. The molecule has 1 aliphatic rings. The third-order valence-corrected chi connectivity index (χ3v) is 4.80. The molecule has 1 N–H and O–H groups in total. The summed E-state index contributed by atoms with van der Waals surface area (Å²) in [5, 5.41) is 7.58. The number of rotatable bonds is 5. The van der Waals surface area contributed by atoms with Gasteiger partial charge in [-0.2, -0.15) is 10.1 Å². The van der Waals surface area contributed by atoms with E-state index in [-0.39, 0.29) is 24.0 Å². The fourth-order valence-electron chi connectivity index (χ4n) is 2.90. The summed E-state index contributed by atoms with van der Waals surface area (Å²) in [6.07, 6.45) is 5.57. The molecule has 11 heteroatoms. The van der Waals surface area contributed by atoms with Crippen LogP contribution in [0.3, 0.4) is 0 Å². The van der Waals surface area contributed by atoms with Crippen LogP contribution in [0, 0.1) is 0 Å². The Morgan fingerprint density at radius 2 is 2.04 bits per heavy atom. The van der Waals surface area contributed by atoms with E-state index in [4.69, 9.17) is 9.73 Å². The van der Waals surface area contributed by atoms with E-state index in [9.17, 15) is 0 Å². The van der Waals surface area contributed by atoms with E-state index in [1.54, 1.807) is 18.0 Å². The van der Waals surface area contributed by atoms with Crippen LogP contribution in [0.15, 0.2) is 28.1 Å². The van der Waals surface area contributed by atoms with Gasteiger partial charge in [-0.25, -0.2) is 9.98 Å². The molecule has 0 spiro atoms. The van der Waals surface area contributed by atoms with Crippen LogP contribution in [0.2, 0.25) is 0 Å². The number of anilines is 1. The fraction of sp³-hybridized carbons (Fsp3) is 0.529. The zero-order chi connectivity index (χ0) is 19.2. The zero-order valence-electron chi connectivity index (χ0n) is 16.3. The van der Waals surface area contributed by atoms with Crippen molar-refractivity contribution in [1.82, 2.24) is 30.0 Å². The summed E-state index contributed by atoms with van der Waals surface area (Å²) >= 11 is 3.39. The van der Waals surface area contributed by atoms with E-state index in [1.165, 1.54) is 0 Å². The maximum atomic E-state index is 5.27. The summed E-state index contributed by atoms with van der Waals surface area (Å²) in [6, 6.07) is 0. The zero-order valence-corrected chi connectivity index (χ0v) is 20.2. The molecular weight excluding hydrogens is 539 g/mol. The first-order chi connectivity index (χ1) is 13.1. The highest BCUT2D eigenvalue weighted by Gasteiger charge is 2.22. The van der Waals surface area contributed by atoms with Gasteiger partial charge in [0.2, 0.25) is 11.8 Å². The van der Waals surface area contributed by atoms with E-state index in [0.29, 0.717) is 18.4 Å². The Morgan fingerprint density at radius 3 is 2.64 bits per heavy atom. The van der Waals surface area contributed by atoms with Crippen LogP contribution in [-0.4, -0.2) is 70.4 Å². The molecule has 0 unspecified atom stereocenters. The quantitative estimate of drug-likeness (QED) is 0.337. The van der Waals surface area contributed by atoms with Crippen molar-refractivity contribution in [2.45, 2.75) is 13.5 Å². The molecule has 2 aromatic heterocycles. The number of hydrogen-bond donors (Lipinski definition) is 1. The molecule has 0 radical (unpaired) electrons. The van der Waals surface area contributed by atoms with Gasteiger partial charge in [-0.15, -0.1) is 24.0 Å². The predicted molar refractivity (Wildman–Crippen MR) is 124 cm³/mol. The number of methoxy groups -OCH3 is 1. The lowest BCUT2D eigenvalue weighted by Gasteiger charge is -2.36. The highest BCUT2D eigenvalue weighted by molar-refractivity contribution is 14.0. The summed E-state index contributed by atoms with van der Waals surface area (Å²) in [6.45, 7) is 6.87. The molecule has 1 fully saturated rings. The van der Waals surface area contributed by atoms with Crippen molar-refractivity contribution in [3.05, 3.63) is 28.6 Å². The highest BCUT2D eigenvalue weighted by Crippen LogP contribution is 2.23. The van der Waals surface area contributed by atoms with Crippen LogP contribution in [-0.2, 0) is 13.6 Å². The number of nitrogens with one attached hydrogen (secondary N) is 1. The molecule has 3 rings (SSSR count). The van der Waals surface area contributed by atoms with E-state index < -0.39 is 0 Å². The van der Waals surface area contributed by atoms with Gasteiger partial charge < -0.3 is 19.9 Å². The van der Waals surface area contributed by atoms with Gasteiger partial charge in [-0.05, 0) is 22.9 Å². The molecule has 154 valence electrons. The van der Waals surface area contributed by atoms with Crippen LogP contribution in [0.4, 0.5) is 5.95 Å². The molecule has 0 saturated carbocycles. The van der Waals surface area contributed by atoms with Crippen LogP contribution in [0.1, 0.15) is 12.5 Å². The molecule has 2 aromatic rings. The molecule has 0 amide bonds. The third kappa shape index (κ3) is 5.69. The van der Waals surface area contributed by atoms with Crippen molar-refractivity contribution in [3.63, 3.8) is 0 Å². The Bertz CT molecular complexity index is 791. The van der Waals surface area contributed by atoms with Gasteiger partial charge in [0.1, 0.15) is 0 Å². The molecule has 1 aliphatic heterocycles. The average Bonchev–Trinajstić information content (AvgIpc) is 3.11. The Hall–Kier alpha value is -1.63. The molecule has 3 heterocycles. The van der Waals surface area contributed by atoms with Gasteiger partial charge in [0.25, 0.3) is 0 Å². The lowest BCUT2D eigenvalue weighted by Crippen LogP contribution is -2.53. The molecule has 0 atom stereocenters. The Morgan fingerprint density at radius 1 is 1.29 bits per heavy atom. The summed E-state index contributed by atoms with van der Waals surface area (Å²) in [5.41, 5.74) is 1.10. The van der Waals surface area contributed by atoms with Gasteiger partial charge in [-0.3, -0.25) is 4.68 Å². The van der Waals surface area contributed by atoms with Crippen molar-refractivity contribution < 1.29 is 4.74 Å². The molecular formula is C17H26BrIN8O. The second-order valence-electron chi connectivity index (χ2n) is 6.19. The van der Waals surface area contributed by atoms with Gasteiger partial charge in [0.05, 0.1) is 30.5 Å². The minimum Gasteiger partial charge on any atom is -0.480 e. The van der Waals surface area contributed by atoms with Crippen LogP contribution < -0.4 is 15.0 Å². The lowest BCUT2D eigenvalue weighted by molar-refractivity contribution is 0.366. The molecule has 0 bridgehead atoms. The standard InChI is InChI=1S/C17H25BrN8O.HI/c1-4-19-16(20-9-13-10-22-24(2)12-13)25-5-7-26(8-6-25)17-21-11-14(18)15(23-17)27-3;/h10-12H,4-9H2,1-3H3,(H,19,20);1H. The summed E-state index contributed by atoms with van der Waals surface area (Å²) < 4.78 is 7.82. The summed E-state index contributed by atoms with van der Waals surface area (Å²) in [5.74, 6) is 2.16. The van der Waals surface area contributed by atoms with Crippen LogP contribution in [0.5, 0.6) is 5.88 Å². The van der Waals surface area contributed by atoms with Gasteiger partial charge in [0.15, 0.2) is 5.96 Å². The average molecular weight is 565 g/mol. The van der Waals surface area contributed by atoms with Gasteiger partial charge >= 0.3 is 0 Å². The second kappa shape index (κ2) is 10.8. The van der Waals surface area contributed by atoms with Crippen molar-refractivity contribution in [2.24, 2.45) is 12.0 Å². The van der Waals surface area contributed by atoms with Crippen LogP contribution >= 0.6 is 39.9 Å². The van der Waals surface area contributed by atoms with Crippen molar-refractivity contribution in [1.29, 1.82) is 0 Å². The van der Waals surface area contributed by atoms with E-state index >= 15 is 0 Å². The minimum atomic E-state index is 0. The van der Waals surface area contributed by atoms with Crippen molar-refractivity contribution in [3.8, 4) is 5.88 Å². The molecule has 1 saturated heterocycles. The van der Waals surface area contributed by atoms with E-state index in [0.717, 1.165) is 48.7 Å². The number of ether oxygens (including phenoxy) is 1. The minimum absolute atomic E-state index is 0. The van der Waals surface area contributed by atoms with Gasteiger partial charge in [0, 0.05) is 51.5 Å². The Labute approximate surface area is 190 Å². The number of hydrogen-bond acceptors (Lipinski definition) is 6. The van der Waals surface area contributed by atoms with Crippen molar-refractivity contribution in [2.75, 3.05) is 44.7 Å². The van der Waals surface area contributed by atoms with Crippen molar-refractivity contribution >= 4 is 51.8 Å². The second-order valence-corrected chi connectivity index (χ2v) is 7.05. The largest absolute Gasteiger partial charge is 0.480 e. The predicted octanol–water partition coefficient (Wildman–Crippen LogP) is 1.89. The number of aliphatic imine (C=N–C) groups is 1. The maximum absolute atomic E-state index is 5.27. The number of nitrogens with zero attached hydrogens (tertiary/aromatic N) is 7. The molecule has 0 aromatic carbocycles. The fourth-order valence-corrected chi connectivity index (χ4v) is 3.25.